The normalized spacial score (nSPS) is 20.0. The van der Waals surface area contributed by atoms with Crippen molar-refractivity contribution in [1.29, 1.82) is 0 Å². The Morgan fingerprint density at radius 1 is 1.12 bits per heavy atom. The number of aliphatic hydroxyl groups excluding tert-OH is 1. The van der Waals surface area contributed by atoms with Gasteiger partial charge >= 0.3 is 0 Å². The molecule has 5 rings (SSSR count). The van der Waals surface area contributed by atoms with Gasteiger partial charge in [0.2, 0.25) is 5.95 Å². The summed E-state index contributed by atoms with van der Waals surface area (Å²) in [6.07, 6.45) is 7.68. The number of aromatic nitrogens is 4. The summed E-state index contributed by atoms with van der Waals surface area (Å²) >= 11 is 1.67. The number of fused-ring (bicyclic) bond motifs is 1. The number of carbonyl (C=O) groups is 2. The van der Waals surface area contributed by atoms with Crippen LogP contribution in [0.15, 0.2) is 12.3 Å². The van der Waals surface area contributed by atoms with Gasteiger partial charge in [-0.1, -0.05) is 27.2 Å². The smallest absolute Gasteiger partial charge is 0.225 e. The first-order valence-electron chi connectivity index (χ1n) is 14.9. The Morgan fingerprint density at radius 2 is 1.81 bits per heavy atom. The molecule has 4 atom stereocenters. The maximum absolute atomic E-state index is 10.7. The number of aryl methyl sites for hydroxylation is 2. The summed E-state index contributed by atoms with van der Waals surface area (Å²) in [6.45, 7) is 15.3. The minimum Gasteiger partial charge on any atom is -0.393 e. The number of hydrogen-bond acceptors (Lipinski definition) is 11. The molecule has 42 heavy (non-hydrogen) atoms. The molecule has 2 unspecified atom stereocenters. The van der Waals surface area contributed by atoms with Crippen molar-refractivity contribution in [3.05, 3.63) is 23.7 Å². The lowest BCUT2D eigenvalue weighted by Gasteiger charge is -2.20. The standard InChI is InChI=1S/C27H39N7OS.C2H6.2CH2O/c1-6-7-20-24-22(10-11-28-20)36-26(32-24)23-16(3)30-27(29-15(2)17-8-9-17)33-25(23)31-19-12-18(14-34(4)5)21(35)13-19;3*1-2/h10-11,15,17-19,21,35H,6-9,12-14H2,1-5H3,(H2,29,30,31,33);1-2H3;2*1H2/t15-,18?,19?,21+;;;/m1.../s1. The van der Waals surface area contributed by atoms with Crippen LogP contribution in [0.4, 0.5) is 11.8 Å². The molecule has 0 aliphatic heterocycles. The molecular formula is C31H49N7O3S. The number of thiazole rings is 1. The molecule has 3 N–H and O–H groups in total. The summed E-state index contributed by atoms with van der Waals surface area (Å²) in [5.74, 6) is 2.42. The van der Waals surface area contributed by atoms with Gasteiger partial charge in [-0.25, -0.2) is 9.97 Å². The van der Waals surface area contributed by atoms with Crippen LogP contribution in [0.1, 0.15) is 71.2 Å². The van der Waals surface area contributed by atoms with E-state index in [0.717, 1.165) is 63.8 Å². The van der Waals surface area contributed by atoms with Gasteiger partial charge in [0.25, 0.3) is 0 Å². The molecule has 0 radical (unpaired) electrons. The molecule has 0 bridgehead atoms. The molecule has 2 aliphatic rings. The van der Waals surface area contributed by atoms with Crippen molar-refractivity contribution in [2.45, 2.75) is 91.3 Å². The van der Waals surface area contributed by atoms with Crippen molar-refractivity contribution in [3.63, 3.8) is 0 Å². The Morgan fingerprint density at radius 3 is 2.43 bits per heavy atom. The van der Waals surface area contributed by atoms with E-state index < -0.39 is 0 Å². The minimum atomic E-state index is -0.311. The zero-order chi connectivity index (χ0) is 31.4. The Kier molecular flexibility index (Phi) is 14.4. The van der Waals surface area contributed by atoms with Gasteiger partial charge < -0.3 is 30.2 Å². The number of rotatable bonds is 10. The summed E-state index contributed by atoms with van der Waals surface area (Å²) in [6, 6.07) is 2.55. The third-order valence-electron chi connectivity index (χ3n) is 7.46. The lowest BCUT2D eigenvalue weighted by atomic mass is 10.1. The first-order valence-corrected chi connectivity index (χ1v) is 15.7. The van der Waals surface area contributed by atoms with Crippen molar-refractivity contribution < 1.29 is 14.7 Å². The van der Waals surface area contributed by atoms with Crippen LogP contribution in [0.3, 0.4) is 0 Å². The lowest BCUT2D eigenvalue weighted by molar-refractivity contribution is -0.0987. The molecule has 3 aromatic rings. The third kappa shape index (κ3) is 8.99. The van der Waals surface area contributed by atoms with Gasteiger partial charge in [0, 0.05) is 24.8 Å². The zero-order valence-electron chi connectivity index (χ0n) is 26.3. The average Bonchev–Trinajstić information content (AvgIpc) is 3.66. The molecule has 0 amide bonds. The highest BCUT2D eigenvalue weighted by Crippen LogP contribution is 2.39. The van der Waals surface area contributed by atoms with Crippen LogP contribution in [0.5, 0.6) is 0 Å². The highest BCUT2D eigenvalue weighted by molar-refractivity contribution is 7.21. The average molecular weight is 600 g/mol. The summed E-state index contributed by atoms with van der Waals surface area (Å²) in [7, 11) is 4.13. The monoisotopic (exact) mass is 599 g/mol. The molecule has 0 spiro atoms. The fraction of sp³-hybridized carbons (Fsp3) is 0.613. The molecular weight excluding hydrogens is 550 g/mol. The first-order chi connectivity index (χ1) is 20.3. The first kappa shape index (κ1) is 35.2. The fourth-order valence-corrected chi connectivity index (χ4v) is 6.51. The van der Waals surface area contributed by atoms with Crippen molar-refractivity contribution in [1.82, 2.24) is 24.8 Å². The maximum Gasteiger partial charge on any atom is 0.225 e. The summed E-state index contributed by atoms with van der Waals surface area (Å²) in [5, 5.41) is 18.9. The van der Waals surface area contributed by atoms with E-state index in [-0.39, 0.29) is 18.1 Å². The van der Waals surface area contributed by atoms with Gasteiger partial charge in [0.1, 0.15) is 29.9 Å². The molecule has 11 heteroatoms. The van der Waals surface area contributed by atoms with E-state index in [1.165, 1.54) is 12.8 Å². The van der Waals surface area contributed by atoms with E-state index in [4.69, 9.17) is 24.5 Å². The van der Waals surface area contributed by atoms with Gasteiger partial charge in [-0.05, 0) is 77.9 Å². The Hall–Kier alpha value is -3.02. The maximum atomic E-state index is 10.7. The van der Waals surface area contributed by atoms with Crippen LogP contribution in [-0.4, -0.2) is 82.3 Å². The van der Waals surface area contributed by atoms with Gasteiger partial charge in [-0.15, -0.1) is 11.3 Å². The number of hydrogen-bond donors (Lipinski definition) is 3. The van der Waals surface area contributed by atoms with Gasteiger partial charge in [0.15, 0.2) is 0 Å². The Balaban J connectivity index is 0.000000966. The number of nitrogens with one attached hydrogen (secondary N) is 2. The van der Waals surface area contributed by atoms with Crippen LogP contribution >= 0.6 is 11.3 Å². The molecule has 3 aromatic heterocycles. The topological polar surface area (TPSA) is 133 Å². The minimum absolute atomic E-state index is 0.151. The molecule has 10 nitrogen and oxygen atoms in total. The summed E-state index contributed by atoms with van der Waals surface area (Å²) in [5.41, 5.74) is 3.89. The van der Waals surface area contributed by atoms with Gasteiger partial charge in [0.05, 0.1) is 27.8 Å². The molecule has 2 saturated carbocycles. The fourth-order valence-electron chi connectivity index (χ4n) is 5.43. The second kappa shape index (κ2) is 17.2. The van der Waals surface area contributed by atoms with Crippen LogP contribution in [0.25, 0.3) is 20.8 Å². The molecule has 0 saturated heterocycles. The lowest BCUT2D eigenvalue weighted by Crippen LogP contribution is -2.26. The van der Waals surface area contributed by atoms with Crippen molar-refractivity contribution in [2.24, 2.45) is 11.8 Å². The van der Waals surface area contributed by atoms with Crippen molar-refractivity contribution in [3.8, 4) is 10.6 Å². The quantitative estimate of drug-likeness (QED) is 0.279. The van der Waals surface area contributed by atoms with Gasteiger partial charge in [-0.2, -0.15) is 4.98 Å². The van der Waals surface area contributed by atoms with Crippen LogP contribution < -0.4 is 10.6 Å². The molecule has 3 heterocycles. The molecule has 232 valence electrons. The number of nitrogens with zero attached hydrogens (tertiary/aromatic N) is 5. The van der Waals surface area contributed by atoms with Gasteiger partial charge in [-0.3, -0.25) is 4.98 Å². The third-order valence-corrected chi connectivity index (χ3v) is 8.50. The number of aliphatic hydroxyl groups is 1. The second-order valence-corrected chi connectivity index (χ2v) is 11.9. The van der Waals surface area contributed by atoms with Crippen LogP contribution in [0, 0.1) is 18.8 Å². The number of anilines is 2. The zero-order valence-corrected chi connectivity index (χ0v) is 27.1. The van der Waals surface area contributed by atoms with Crippen molar-refractivity contribution >= 4 is 46.9 Å². The SMILES string of the molecule is C=O.C=O.CC.CCCc1nccc2sc(-c3c(C)nc(N[C@H](C)C4CC4)nc3NC3CC(CN(C)C)[C@@H](O)C3)nc12. The summed E-state index contributed by atoms with van der Waals surface area (Å²) < 4.78 is 1.14. The Labute approximate surface area is 254 Å². The predicted molar refractivity (Wildman–Crippen MR) is 173 cm³/mol. The van der Waals surface area contributed by atoms with Crippen LogP contribution in [0.2, 0.25) is 0 Å². The molecule has 2 fully saturated rings. The second-order valence-electron chi connectivity index (χ2n) is 10.9. The predicted octanol–water partition coefficient (Wildman–Crippen LogP) is 5.39. The highest BCUT2D eigenvalue weighted by Gasteiger charge is 2.34. The highest BCUT2D eigenvalue weighted by atomic mass is 32.1. The number of pyridine rings is 1. The Bertz CT molecular complexity index is 1250. The van der Waals surface area contributed by atoms with E-state index in [2.05, 4.69) is 48.5 Å². The van der Waals surface area contributed by atoms with Crippen LogP contribution in [-0.2, 0) is 16.0 Å². The van der Waals surface area contributed by atoms with E-state index in [0.29, 0.717) is 24.3 Å². The number of carbonyl (C=O) groups excluding carboxylic acids is 2. The van der Waals surface area contributed by atoms with E-state index >= 15 is 0 Å². The molecule has 2 aliphatic carbocycles. The van der Waals surface area contributed by atoms with Crippen molar-refractivity contribution in [2.75, 3.05) is 31.3 Å². The summed E-state index contributed by atoms with van der Waals surface area (Å²) in [4.78, 5) is 37.7. The van der Waals surface area contributed by atoms with E-state index in [1.807, 2.05) is 46.6 Å². The van der Waals surface area contributed by atoms with E-state index in [1.54, 1.807) is 11.3 Å². The molecule has 0 aromatic carbocycles. The largest absolute Gasteiger partial charge is 0.393 e. The van der Waals surface area contributed by atoms with E-state index in [9.17, 15) is 5.11 Å².